The average molecular weight is 182 g/mol. The Hall–Kier alpha value is -0.280. The van der Waals surface area contributed by atoms with Crippen molar-refractivity contribution >= 4 is 18.4 Å². The number of carbonyl (C=O) groups excluding carboxylic acids is 1. The van der Waals surface area contributed by atoms with E-state index in [4.69, 9.17) is 10.5 Å². The Morgan fingerprint density at radius 2 is 1.82 bits per heavy atom. The van der Waals surface area contributed by atoms with E-state index >= 15 is 0 Å². The highest BCUT2D eigenvalue weighted by Crippen LogP contribution is 2.02. The fourth-order valence-corrected chi connectivity index (χ4v) is 0.366. The van der Waals surface area contributed by atoms with E-state index in [9.17, 15) is 4.79 Å². The fourth-order valence-electron chi connectivity index (χ4n) is 0.366. The van der Waals surface area contributed by atoms with Gasteiger partial charge in [-0.2, -0.15) is 0 Å². The van der Waals surface area contributed by atoms with E-state index in [2.05, 4.69) is 0 Å². The molecule has 0 aromatic carbocycles. The van der Waals surface area contributed by atoms with Crippen molar-refractivity contribution in [3.63, 3.8) is 0 Å². The van der Waals surface area contributed by atoms with Crippen molar-refractivity contribution in [3.8, 4) is 0 Å². The molecule has 2 N–H and O–H groups in total. The van der Waals surface area contributed by atoms with E-state index in [-0.39, 0.29) is 24.5 Å². The molecule has 68 valence electrons. The summed E-state index contributed by atoms with van der Waals surface area (Å²) >= 11 is 0. The van der Waals surface area contributed by atoms with Crippen LogP contribution in [0.1, 0.15) is 27.7 Å². The van der Waals surface area contributed by atoms with Gasteiger partial charge < -0.3 is 10.5 Å². The Kier molecular flexibility index (Phi) is 5.53. The molecular weight excluding hydrogens is 166 g/mol. The van der Waals surface area contributed by atoms with E-state index in [1.54, 1.807) is 27.7 Å². The van der Waals surface area contributed by atoms with Crippen LogP contribution in [0.4, 0.5) is 0 Å². The minimum atomic E-state index is -0.871. The van der Waals surface area contributed by atoms with Crippen LogP contribution >= 0.6 is 12.4 Å². The van der Waals surface area contributed by atoms with E-state index in [1.165, 1.54) is 0 Å². The molecule has 0 heterocycles. The molecule has 3 nitrogen and oxygen atoms in total. The van der Waals surface area contributed by atoms with Crippen LogP contribution in [-0.2, 0) is 9.53 Å². The third kappa shape index (κ3) is 6.13. The van der Waals surface area contributed by atoms with E-state index in [1.807, 2.05) is 0 Å². The molecule has 0 atom stereocenters. The second-order valence-electron chi connectivity index (χ2n) is 3.18. The van der Waals surface area contributed by atoms with Gasteiger partial charge in [-0.3, -0.25) is 4.79 Å². The molecule has 4 heteroatoms. The Bertz CT molecular complexity index is 129. The van der Waals surface area contributed by atoms with Gasteiger partial charge in [0.15, 0.2) is 0 Å². The lowest BCUT2D eigenvalue weighted by molar-refractivity contribution is -0.152. The minimum absolute atomic E-state index is 0. The number of carbonyl (C=O) groups is 1. The summed E-state index contributed by atoms with van der Waals surface area (Å²) in [7, 11) is 0. The van der Waals surface area contributed by atoms with Gasteiger partial charge in [0, 0.05) is 0 Å². The number of esters is 1. The van der Waals surface area contributed by atoms with Crippen LogP contribution in [0, 0.1) is 0 Å². The van der Waals surface area contributed by atoms with Gasteiger partial charge in [0.25, 0.3) is 0 Å². The largest absolute Gasteiger partial charge is 0.462 e. The summed E-state index contributed by atoms with van der Waals surface area (Å²) in [6, 6.07) is 0. The highest BCUT2D eigenvalue weighted by molar-refractivity contribution is 5.85. The fraction of sp³-hybridized carbons (Fsp3) is 0.857. The number of halogens is 1. The summed E-state index contributed by atoms with van der Waals surface area (Å²) in [4.78, 5) is 10.9. The smallest absolute Gasteiger partial charge is 0.325 e. The topological polar surface area (TPSA) is 52.3 Å². The highest BCUT2D eigenvalue weighted by Gasteiger charge is 2.24. The first-order valence-corrected chi connectivity index (χ1v) is 3.34. The zero-order valence-electron chi connectivity index (χ0n) is 7.38. The molecule has 0 amide bonds. The molecule has 0 spiro atoms. The van der Waals surface area contributed by atoms with Crippen LogP contribution in [0.5, 0.6) is 0 Å². The molecule has 0 rings (SSSR count). The van der Waals surface area contributed by atoms with Crippen molar-refractivity contribution < 1.29 is 9.53 Å². The Labute approximate surface area is 73.7 Å². The number of rotatable bonds is 2. The summed E-state index contributed by atoms with van der Waals surface area (Å²) in [5.74, 6) is -0.359. The summed E-state index contributed by atoms with van der Waals surface area (Å²) in [6.45, 7) is 6.84. The van der Waals surface area contributed by atoms with Gasteiger partial charge in [0.1, 0.15) is 5.54 Å². The second-order valence-corrected chi connectivity index (χ2v) is 3.18. The van der Waals surface area contributed by atoms with Gasteiger partial charge in [-0.25, -0.2) is 0 Å². The third-order valence-corrected chi connectivity index (χ3v) is 0.869. The Balaban J connectivity index is 0. The molecule has 0 aliphatic carbocycles. The molecule has 0 aromatic rings. The standard InChI is InChI=1S/C7H15NO2.ClH/c1-5(2)10-6(9)7(3,4)8;/h5H,8H2,1-4H3;1H. The van der Waals surface area contributed by atoms with Gasteiger partial charge in [-0.1, -0.05) is 0 Å². The van der Waals surface area contributed by atoms with Crippen molar-refractivity contribution in [3.05, 3.63) is 0 Å². The maximum atomic E-state index is 10.9. The third-order valence-electron chi connectivity index (χ3n) is 0.869. The molecule has 0 aromatic heterocycles. The van der Waals surface area contributed by atoms with Gasteiger partial charge in [-0.15, -0.1) is 12.4 Å². The summed E-state index contributed by atoms with van der Waals surface area (Å²) in [5.41, 5.74) is 4.58. The molecule has 11 heavy (non-hydrogen) atoms. The van der Waals surface area contributed by atoms with Crippen molar-refractivity contribution in [2.75, 3.05) is 0 Å². The Morgan fingerprint density at radius 3 is 1.91 bits per heavy atom. The van der Waals surface area contributed by atoms with E-state index in [0.717, 1.165) is 0 Å². The quantitative estimate of drug-likeness (QED) is 0.650. The van der Waals surface area contributed by atoms with Gasteiger partial charge in [0.05, 0.1) is 6.10 Å². The molecule has 0 fully saturated rings. The molecule has 0 aliphatic rings. The van der Waals surface area contributed by atoms with Crippen LogP contribution < -0.4 is 5.73 Å². The number of ether oxygens (including phenoxy) is 1. The van der Waals surface area contributed by atoms with E-state index < -0.39 is 5.54 Å². The lowest BCUT2D eigenvalue weighted by Gasteiger charge is -2.18. The molecule has 0 radical (unpaired) electrons. The SMILES string of the molecule is CC(C)OC(=O)C(C)(C)N.Cl. The van der Waals surface area contributed by atoms with E-state index in [0.29, 0.717) is 0 Å². The first-order valence-electron chi connectivity index (χ1n) is 3.34. The number of hydrogen-bond donors (Lipinski definition) is 1. The molecule has 0 saturated heterocycles. The van der Waals surface area contributed by atoms with Crippen molar-refractivity contribution in [1.29, 1.82) is 0 Å². The van der Waals surface area contributed by atoms with Crippen molar-refractivity contribution in [2.24, 2.45) is 5.73 Å². The number of hydrogen-bond acceptors (Lipinski definition) is 3. The second kappa shape index (κ2) is 4.57. The number of nitrogens with two attached hydrogens (primary N) is 1. The predicted molar refractivity (Wildman–Crippen MR) is 46.7 cm³/mol. The lowest BCUT2D eigenvalue weighted by Crippen LogP contribution is -2.43. The zero-order chi connectivity index (χ0) is 8.36. The normalized spacial score (nSPS) is 10.7. The monoisotopic (exact) mass is 181 g/mol. The summed E-state index contributed by atoms with van der Waals surface area (Å²) < 4.78 is 4.85. The van der Waals surface area contributed by atoms with Gasteiger partial charge in [0.2, 0.25) is 0 Å². The molecule has 0 bridgehead atoms. The molecule has 0 unspecified atom stereocenters. The average Bonchev–Trinajstić information content (AvgIpc) is 1.60. The minimum Gasteiger partial charge on any atom is -0.462 e. The maximum absolute atomic E-state index is 10.9. The zero-order valence-corrected chi connectivity index (χ0v) is 8.20. The summed E-state index contributed by atoms with van der Waals surface area (Å²) in [5, 5.41) is 0. The van der Waals surface area contributed by atoms with Crippen LogP contribution in [0.3, 0.4) is 0 Å². The first-order chi connectivity index (χ1) is 4.34. The maximum Gasteiger partial charge on any atom is 0.325 e. The molecular formula is C7H16ClNO2. The van der Waals surface area contributed by atoms with Crippen molar-refractivity contribution in [1.82, 2.24) is 0 Å². The van der Waals surface area contributed by atoms with Crippen LogP contribution in [0.25, 0.3) is 0 Å². The molecule has 0 aliphatic heterocycles. The van der Waals surface area contributed by atoms with Gasteiger partial charge >= 0.3 is 5.97 Å². The first kappa shape index (κ1) is 13.3. The summed E-state index contributed by atoms with van der Waals surface area (Å²) in [6.07, 6.45) is -0.0877. The van der Waals surface area contributed by atoms with Crippen LogP contribution in [0.15, 0.2) is 0 Å². The van der Waals surface area contributed by atoms with Crippen LogP contribution in [-0.4, -0.2) is 17.6 Å². The van der Waals surface area contributed by atoms with Crippen LogP contribution in [0.2, 0.25) is 0 Å². The highest BCUT2D eigenvalue weighted by atomic mass is 35.5. The molecule has 0 saturated carbocycles. The van der Waals surface area contributed by atoms with Crippen molar-refractivity contribution in [2.45, 2.75) is 39.3 Å². The Morgan fingerprint density at radius 1 is 1.45 bits per heavy atom. The predicted octanol–water partition coefficient (Wildman–Crippen LogP) is 1.10. The lowest BCUT2D eigenvalue weighted by atomic mass is 10.1. The van der Waals surface area contributed by atoms with Gasteiger partial charge in [-0.05, 0) is 27.7 Å².